The number of halogens is 1. The van der Waals surface area contributed by atoms with Gasteiger partial charge >= 0.3 is 0 Å². The van der Waals surface area contributed by atoms with Crippen molar-refractivity contribution in [2.24, 2.45) is 26.3 Å². The van der Waals surface area contributed by atoms with Gasteiger partial charge in [0.25, 0.3) is 0 Å². The van der Waals surface area contributed by atoms with Crippen molar-refractivity contribution in [1.29, 1.82) is 0 Å². The van der Waals surface area contributed by atoms with Gasteiger partial charge in [-0.05, 0) is 61.5 Å². The number of nitrogens with one attached hydrogen (secondary N) is 1. The van der Waals surface area contributed by atoms with Crippen LogP contribution < -0.4 is 5.32 Å². The number of unbranched alkanes of at least 4 members (excludes halogenated alkanes) is 6. The van der Waals surface area contributed by atoms with Gasteiger partial charge in [0.1, 0.15) is 18.9 Å². The molecule has 3 heterocycles. The zero-order chi connectivity index (χ0) is 33.5. The van der Waals surface area contributed by atoms with Crippen LogP contribution in [0.25, 0.3) is 0 Å². The number of nitrogens with zero attached hydrogens (tertiary/aromatic N) is 5. The lowest BCUT2D eigenvalue weighted by Crippen LogP contribution is -2.52. The zero-order valence-electron chi connectivity index (χ0n) is 29.7. The average Bonchev–Trinajstić information content (AvgIpc) is 3.32. The maximum atomic E-state index is 6.37. The average molecular weight is 677 g/mol. The summed E-state index contributed by atoms with van der Waals surface area (Å²) in [5.74, 6) is 4.04. The molecular formula is C38H58BClN6S. The van der Waals surface area contributed by atoms with Crippen LogP contribution in [0.4, 0.5) is 0 Å². The molecule has 0 radical (unpaired) electrons. The van der Waals surface area contributed by atoms with Crippen LogP contribution in [0, 0.1) is 11.3 Å². The van der Waals surface area contributed by atoms with E-state index < -0.39 is 0 Å². The lowest BCUT2D eigenvalue weighted by atomic mass is 9.77. The molecule has 0 aromatic carbocycles. The van der Waals surface area contributed by atoms with Crippen molar-refractivity contribution in [3.63, 3.8) is 0 Å². The zero-order valence-corrected chi connectivity index (χ0v) is 31.3. The number of rotatable bonds is 18. The van der Waals surface area contributed by atoms with Gasteiger partial charge in [0, 0.05) is 49.1 Å². The maximum absolute atomic E-state index is 6.37. The van der Waals surface area contributed by atoms with Crippen molar-refractivity contribution in [1.82, 2.24) is 15.3 Å². The first-order chi connectivity index (χ1) is 22.8. The van der Waals surface area contributed by atoms with Crippen LogP contribution in [0.1, 0.15) is 91.4 Å². The van der Waals surface area contributed by atoms with Crippen LogP contribution in [0.15, 0.2) is 85.0 Å². The molecule has 0 spiro atoms. The van der Waals surface area contributed by atoms with Crippen molar-refractivity contribution in [2.45, 2.75) is 111 Å². The Balaban J connectivity index is 1.50. The Kier molecular flexibility index (Phi) is 15.7. The summed E-state index contributed by atoms with van der Waals surface area (Å²) in [5.41, 5.74) is 1.83. The Hall–Kier alpha value is -2.29. The molecule has 6 nitrogen and oxygen atoms in total. The van der Waals surface area contributed by atoms with Crippen LogP contribution in [0.3, 0.4) is 0 Å². The number of amidine groups is 2. The molecule has 0 saturated carbocycles. The summed E-state index contributed by atoms with van der Waals surface area (Å²) in [6, 6.07) is 0.328. The summed E-state index contributed by atoms with van der Waals surface area (Å²) in [5, 5.41) is 11.3. The highest BCUT2D eigenvalue weighted by molar-refractivity contribution is 8.02. The fourth-order valence-corrected chi connectivity index (χ4v) is 7.47. The van der Waals surface area contributed by atoms with E-state index in [0.29, 0.717) is 12.0 Å². The Labute approximate surface area is 295 Å². The Morgan fingerprint density at radius 3 is 2.74 bits per heavy atom. The smallest absolute Gasteiger partial charge is 0.164 e. The molecule has 0 aromatic heterocycles. The molecular weight excluding hydrogens is 619 g/mol. The van der Waals surface area contributed by atoms with E-state index in [9.17, 15) is 0 Å². The number of dihydropyridines is 1. The van der Waals surface area contributed by atoms with Gasteiger partial charge < -0.3 is 5.32 Å². The van der Waals surface area contributed by atoms with Crippen molar-refractivity contribution in [2.75, 3.05) is 25.9 Å². The summed E-state index contributed by atoms with van der Waals surface area (Å²) in [4.78, 5) is 15.7. The van der Waals surface area contributed by atoms with Gasteiger partial charge in [0.15, 0.2) is 5.84 Å². The normalized spacial score (nSPS) is 24.6. The molecule has 3 aliphatic heterocycles. The van der Waals surface area contributed by atoms with Crippen LogP contribution in [0.2, 0.25) is 13.1 Å². The van der Waals surface area contributed by atoms with Crippen molar-refractivity contribution >= 4 is 48.5 Å². The number of hydrogen-bond acceptors (Lipinski definition) is 7. The molecule has 47 heavy (non-hydrogen) atoms. The van der Waals surface area contributed by atoms with E-state index in [0.717, 1.165) is 71.9 Å². The predicted molar refractivity (Wildman–Crippen MR) is 210 cm³/mol. The molecule has 1 unspecified atom stereocenters. The van der Waals surface area contributed by atoms with Crippen LogP contribution in [-0.2, 0) is 0 Å². The summed E-state index contributed by atoms with van der Waals surface area (Å²) in [6.45, 7) is 10.8. The quantitative estimate of drug-likeness (QED) is 0.116. The highest BCUT2D eigenvalue weighted by Gasteiger charge is 2.41. The highest BCUT2D eigenvalue weighted by Crippen LogP contribution is 2.37. The number of aliphatic imine (C=N–C) groups is 3. The fourth-order valence-electron chi connectivity index (χ4n) is 6.60. The fraction of sp³-hybridized carbons (Fsp3) is 0.605. The number of fused-ring (bicyclic) bond motifs is 1. The molecule has 1 N–H and O–H groups in total. The van der Waals surface area contributed by atoms with Crippen LogP contribution in [0.5, 0.6) is 0 Å². The van der Waals surface area contributed by atoms with E-state index in [4.69, 9.17) is 26.6 Å². The molecule has 9 heteroatoms. The Morgan fingerprint density at radius 2 is 1.96 bits per heavy atom. The third-order valence-corrected chi connectivity index (χ3v) is 10.5. The van der Waals surface area contributed by atoms with E-state index in [1.54, 1.807) is 0 Å². The maximum Gasteiger partial charge on any atom is 0.164 e. The third kappa shape index (κ3) is 11.4. The van der Waals surface area contributed by atoms with Gasteiger partial charge in [0.2, 0.25) is 0 Å². The molecule has 256 valence electrons. The summed E-state index contributed by atoms with van der Waals surface area (Å²) in [6.07, 6.45) is 31.8. The van der Waals surface area contributed by atoms with Crippen molar-refractivity contribution in [3.8, 4) is 0 Å². The van der Waals surface area contributed by atoms with E-state index in [2.05, 4.69) is 85.8 Å². The Morgan fingerprint density at radius 1 is 1.15 bits per heavy atom. The Bertz CT molecular complexity index is 1310. The number of thioether (sulfide) groups is 1. The molecule has 2 bridgehead atoms. The topological polar surface area (TPSA) is 55.6 Å². The summed E-state index contributed by atoms with van der Waals surface area (Å²) >= 11 is 8.27. The largest absolute Gasteiger partial charge is 0.373 e. The van der Waals surface area contributed by atoms with E-state index >= 15 is 0 Å². The second kappa shape index (κ2) is 19.6. The van der Waals surface area contributed by atoms with Gasteiger partial charge in [-0.15, -0.1) is 11.8 Å². The highest BCUT2D eigenvalue weighted by atomic mass is 35.5. The number of allylic oxidation sites excluding steroid dienone is 6. The second-order valence-corrected chi connectivity index (χ2v) is 15.1. The first-order valence-corrected chi connectivity index (χ1v) is 19.7. The van der Waals surface area contributed by atoms with Gasteiger partial charge in [-0.1, -0.05) is 108 Å². The van der Waals surface area contributed by atoms with Crippen molar-refractivity contribution < 1.29 is 0 Å². The van der Waals surface area contributed by atoms with E-state index in [-0.39, 0.29) is 5.41 Å². The molecule has 1 aliphatic carbocycles. The van der Waals surface area contributed by atoms with Gasteiger partial charge in [-0.2, -0.15) is 0 Å². The lowest BCUT2D eigenvalue weighted by molar-refractivity contribution is 0.0345. The minimum Gasteiger partial charge on any atom is -0.373 e. The predicted octanol–water partition coefficient (Wildman–Crippen LogP) is 9.45. The monoisotopic (exact) mass is 676 g/mol. The van der Waals surface area contributed by atoms with Gasteiger partial charge in [0.05, 0.1) is 11.5 Å². The molecule has 4 aliphatic rings. The number of hydrazine groups is 1. The molecule has 0 fully saturated rings. The lowest BCUT2D eigenvalue weighted by Gasteiger charge is -2.44. The van der Waals surface area contributed by atoms with E-state index in [1.807, 2.05) is 30.1 Å². The minimum atomic E-state index is -0.314. The summed E-state index contributed by atoms with van der Waals surface area (Å²) < 4.78 is 0. The molecule has 3 atom stereocenters. The standard InChI is InChI=1S/C38H58BClN6S/c1-6-7-8-9-10-11-12-19-34-30(2)26-31(28-42-34)36-43-35-27-38(3,29-45(5)46(35)33-18-15-17-32(40)20-21-33)37(44-36)41-23-16-25-47-24-14-13-22-39-4/h14-15,17-18,20,24,26-28,30,34,39H,6-13,16,19,21-23,25,29H2,1-5H3,(H,41,43,44)/b24-14-/t30-,34-,38?/m1/s1. The third-order valence-electron chi connectivity index (χ3n) is 9.33. The number of hydrogen-bond donors (Lipinski definition) is 1. The SMILES string of the molecule is CBCC/C=C\SCCCNC1=NC(C2=C[C@@H](C)[C@@H](CCCCCCCCC)N=C2)=NC2=CC1(C)CN(C)N2C1=CC=CC(Cl)=CC1. The van der Waals surface area contributed by atoms with Crippen LogP contribution in [-0.4, -0.2) is 67.1 Å². The second-order valence-electron chi connectivity index (χ2n) is 13.7. The summed E-state index contributed by atoms with van der Waals surface area (Å²) in [7, 11) is 3.39. The van der Waals surface area contributed by atoms with Crippen LogP contribution >= 0.6 is 23.4 Å². The first-order valence-electron chi connectivity index (χ1n) is 18.2. The molecule has 0 amide bonds. The van der Waals surface area contributed by atoms with Gasteiger partial charge in [-0.3, -0.25) is 10.0 Å². The molecule has 0 aromatic rings. The molecule has 4 rings (SSSR count). The van der Waals surface area contributed by atoms with Crippen molar-refractivity contribution in [3.05, 3.63) is 70.1 Å². The minimum absolute atomic E-state index is 0.314. The van der Waals surface area contributed by atoms with E-state index in [1.165, 1.54) is 65.0 Å². The first kappa shape index (κ1) is 37.5. The van der Waals surface area contributed by atoms with Gasteiger partial charge in [-0.25, -0.2) is 15.0 Å². The molecule has 0 saturated heterocycles.